The Morgan fingerprint density at radius 1 is 1.52 bits per heavy atom. The number of ether oxygens (including phenoxy) is 1. The summed E-state index contributed by atoms with van der Waals surface area (Å²) in [5.74, 6) is 1.33. The van der Waals surface area contributed by atoms with Crippen LogP contribution in [0.1, 0.15) is 20.3 Å². The third kappa shape index (κ3) is 4.59. The summed E-state index contributed by atoms with van der Waals surface area (Å²) in [5, 5.41) is 11.7. The summed E-state index contributed by atoms with van der Waals surface area (Å²) in [7, 11) is 1.65. The number of hydrogen-bond acceptors (Lipinski definition) is 6. The zero-order valence-electron chi connectivity index (χ0n) is 13.6. The molecular weight excluding hydrogens is 316 g/mol. The standard InChI is InChI=1S/C15H22N4O3S/c1-4-19-13(12-7-5-10-22-12)17-18-15(19)23-11(2)14(20)16-8-6-9-21-3/h5,7,10-11H,4,6,8-9H2,1-3H3,(H,16,20). The van der Waals surface area contributed by atoms with E-state index in [9.17, 15) is 4.79 Å². The van der Waals surface area contributed by atoms with E-state index < -0.39 is 0 Å². The van der Waals surface area contributed by atoms with E-state index in [2.05, 4.69) is 15.5 Å². The van der Waals surface area contributed by atoms with Gasteiger partial charge in [0.25, 0.3) is 0 Å². The number of carbonyl (C=O) groups excluding carboxylic acids is 1. The van der Waals surface area contributed by atoms with Crippen LogP contribution in [-0.4, -0.2) is 46.2 Å². The number of furan rings is 1. The first kappa shape index (κ1) is 17.6. The average molecular weight is 338 g/mol. The Morgan fingerprint density at radius 2 is 2.35 bits per heavy atom. The minimum absolute atomic E-state index is 0.0173. The van der Waals surface area contributed by atoms with Crippen LogP contribution in [0.15, 0.2) is 28.0 Å². The number of amides is 1. The molecule has 7 nitrogen and oxygen atoms in total. The molecule has 8 heteroatoms. The summed E-state index contributed by atoms with van der Waals surface area (Å²) < 4.78 is 12.3. The lowest BCUT2D eigenvalue weighted by Gasteiger charge is -2.12. The topological polar surface area (TPSA) is 82.2 Å². The van der Waals surface area contributed by atoms with Crippen LogP contribution in [0.5, 0.6) is 0 Å². The highest BCUT2D eigenvalue weighted by atomic mass is 32.2. The van der Waals surface area contributed by atoms with Gasteiger partial charge in [0, 0.05) is 26.8 Å². The van der Waals surface area contributed by atoms with Crippen LogP contribution in [0, 0.1) is 0 Å². The lowest BCUT2D eigenvalue weighted by atomic mass is 10.4. The highest BCUT2D eigenvalue weighted by molar-refractivity contribution is 8.00. The fourth-order valence-corrected chi connectivity index (χ4v) is 2.97. The molecule has 2 aromatic rings. The molecule has 2 rings (SSSR count). The van der Waals surface area contributed by atoms with Crippen LogP contribution in [-0.2, 0) is 16.1 Å². The number of aromatic nitrogens is 3. The summed E-state index contributed by atoms with van der Waals surface area (Å²) in [6.07, 6.45) is 2.40. The smallest absolute Gasteiger partial charge is 0.233 e. The highest BCUT2D eigenvalue weighted by Crippen LogP contribution is 2.26. The van der Waals surface area contributed by atoms with Crippen molar-refractivity contribution >= 4 is 17.7 Å². The third-order valence-electron chi connectivity index (χ3n) is 3.25. The molecule has 2 heterocycles. The maximum absolute atomic E-state index is 12.1. The second-order valence-electron chi connectivity index (χ2n) is 4.93. The molecule has 2 aromatic heterocycles. The minimum atomic E-state index is -0.253. The van der Waals surface area contributed by atoms with Crippen molar-refractivity contribution in [3.05, 3.63) is 18.4 Å². The number of nitrogens with zero attached hydrogens (tertiary/aromatic N) is 3. The number of thioether (sulfide) groups is 1. The van der Waals surface area contributed by atoms with Crippen molar-refractivity contribution in [3.8, 4) is 11.6 Å². The van der Waals surface area contributed by atoms with E-state index >= 15 is 0 Å². The number of nitrogens with one attached hydrogen (secondary N) is 1. The van der Waals surface area contributed by atoms with Gasteiger partial charge in [0.2, 0.25) is 5.91 Å². The number of carbonyl (C=O) groups is 1. The first-order valence-corrected chi connectivity index (χ1v) is 8.45. The zero-order chi connectivity index (χ0) is 16.7. The van der Waals surface area contributed by atoms with Gasteiger partial charge in [0.05, 0.1) is 11.5 Å². The van der Waals surface area contributed by atoms with Crippen LogP contribution in [0.2, 0.25) is 0 Å². The SMILES string of the molecule is CCn1c(SC(C)C(=O)NCCCOC)nnc1-c1ccco1. The van der Waals surface area contributed by atoms with Crippen molar-refractivity contribution in [3.63, 3.8) is 0 Å². The lowest BCUT2D eigenvalue weighted by molar-refractivity contribution is -0.120. The second-order valence-corrected chi connectivity index (χ2v) is 6.23. The Bertz CT molecular complexity index is 612. The molecule has 23 heavy (non-hydrogen) atoms. The molecule has 0 fully saturated rings. The third-order valence-corrected chi connectivity index (χ3v) is 4.33. The van der Waals surface area contributed by atoms with Gasteiger partial charge in [-0.1, -0.05) is 11.8 Å². The molecule has 0 saturated carbocycles. The Morgan fingerprint density at radius 3 is 3.00 bits per heavy atom. The van der Waals surface area contributed by atoms with E-state index in [4.69, 9.17) is 9.15 Å². The van der Waals surface area contributed by atoms with E-state index in [1.807, 2.05) is 30.5 Å². The van der Waals surface area contributed by atoms with Gasteiger partial charge in [-0.15, -0.1) is 10.2 Å². The van der Waals surface area contributed by atoms with Gasteiger partial charge in [-0.2, -0.15) is 0 Å². The van der Waals surface area contributed by atoms with E-state index in [1.165, 1.54) is 11.8 Å². The van der Waals surface area contributed by atoms with Crippen molar-refractivity contribution in [2.75, 3.05) is 20.3 Å². The molecule has 0 spiro atoms. The lowest BCUT2D eigenvalue weighted by Crippen LogP contribution is -2.32. The fraction of sp³-hybridized carbons (Fsp3) is 0.533. The zero-order valence-corrected chi connectivity index (χ0v) is 14.4. The van der Waals surface area contributed by atoms with Gasteiger partial charge in [-0.05, 0) is 32.4 Å². The number of hydrogen-bond donors (Lipinski definition) is 1. The van der Waals surface area contributed by atoms with Crippen molar-refractivity contribution in [2.24, 2.45) is 0 Å². The Kier molecular flexibility index (Phi) is 6.66. The molecule has 126 valence electrons. The highest BCUT2D eigenvalue weighted by Gasteiger charge is 2.20. The Hall–Kier alpha value is -1.80. The van der Waals surface area contributed by atoms with Crippen molar-refractivity contribution in [1.82, 2.24) is 20.1 Å². The van der Waals surface area contributed by atoms with E-state index in [0.29, 0.717) is 36.4 Å². The molecular formula is C15H22N4O3S. The quantitative estimate of drug-likeness (QED) is 0.557. The molecule has 0 aliphatic heterocycles. The summed E-state index contributed by atoms with van der Waals surface area (Å²) in [5.41, 5.74) is 0. The van der Waals surface area contributed by atoms with Gasteiger partial charge in [-0.25, -0.2) is 0 Å². The average Bonchev–Trinajstić information content (AvgIpc) is 3.20. The van der Waals surface area contributed by atoms with Crippen molar-refractivity contribution in [1.29, 1.82) is 0 Å². The van der Waals surface area contributed by atoms with E-state index in [1.54, 1.807) is 13.4 Å². The predicted molar refractivity (Wildman–Crippen MR) is 88.2 cm³/mol. The van der Waals surface area contributed by atoms with Crippen LogP contribution >= 0.6 is 11.8 Å². The summed E-state index contributed by atoms with van der Waals surface area (Å²) in [4.78, 5) is 12.1. The van der Waals surface area contributed by atoms with Gasteiger partial charge < -0.3 is 14.5 Å². The van der Waals surface area contributed by atoms with Crippen LogP contribution in [0.25, 0.3) is 11.6 Å². The maximum Gasteiger partial charge on any atom is 0.233 e. The normalized spacial score (nSPS) is 12.3. The summed E-state index contributed by atoms with van der Waals surface area (Å²) in [6, 6.07) is 3.66. The molecule has 0 saturated heterocycles. The van der Waals surface area contributed by atoms with Gasteiger partial charge in [0.1, 0.15) is 0 Å². The van der Waals surface area contributed by atoms with Gasteiger partial charge >= 0.3 is 0 Å². The second kappa shape index (κ2) is 8.73. The number of methoxy groups -OCH3 is 1. The first-order chi connectivity index (χ1) is 11.2. The van der Waals surface area contributed by atoms with Crippen LogP contribution in [0.4, 0.5) is 0 Å². The van der Waals surface area contributed by atoms with Crippen LogP contribution in [0.3, 0.4) is 0 Å². The summed E-state index contributed by atoms with van der Waals surface area (Å²) in [6.45, 7) is 5.81. The molecule has 0 aliphatic carbocycles. The molecule has 0 aromatic carbocycles. The van der Waals surface area contributed by atoms with E-state index in [-0.39, 0.29) is 11.2 Å². The largest absolute Gasteiger partial charge is 0.461 e. The maximum atomic E-state index is 12.1. The molecule has 0 radical (unpaired) electrons. The molecule has 1 N–H and O–H groups in total. The molecule has 1 atom stereocenters. The van der Waals surface area contributed by atoms with Crippen LogP contribution < -0.4 is 5.32 Å². The van der Waals surface area contributed by atoms with Crippen molar-refractivity contribution in [2.45, 2.75) is 37.2 Å². The molecule has 0 bridgehead atoms. The molecule has 1 unspecified atom stereocenters. The first-order valence-electron chi connectivity index (χ1n) is 7.57. The van der Waals surface area contributed by atoms with Crippen molar-refractivity contribution < 1.29 is 13.9 Å². The monoisotopic (exact) mass is 338 g/mol. The molecule has 0 aliphatic rings. The van der Waals surface area contributed by atoms with Gasteiger partial charge in [0.15, 0.2) is 16.7 Å². The predicted octanol–water partition coefficient (Wildman–Crippen LogP) is 2.19. The van der Waals surface area contributed by atoms with Gasteiger partial charge in [-0.3, -0.25) is 9.36 Å². The minimum Gasteiger partial charge on any atom is -0.461 e. The fourth-order valence-electron chi connectivity index (χ4n) is 2.03. The summed E-state index contributed by atoms with van der Waals surface area (Å²) >= 11 is 1.39. The Balaban J connectivity index is 1.98. The number of rotatable bonds is 9. The van der Waals surface area contributed by atoms with E-state index in [0.717, 1.165) is 6.42 Å². The molecule has 1 amide bonds. The Labute approximate surface area is 139 Å².